The van der Waals surface area contributed by atoms with E-state index in [1.165, 1.54) is 12.8 Å². The molecule has 0 bridgehead atoms. The van der Waals surface area contributed by atoms with Crippen molar-refractivity contribution in [1.29, 1.82) is 0 Å². The van der Waals surface area contributed by atoms with Gasteiger partial charge in [0.1, 0.15) is 10.7 Å². The lowest BCUT2D eigenvalue weighted by Gasteiger charge is -2.27. The lowest BCUT2D eigenvalue weighted by atomic mass is 9.84. The Kier molecular flexibility index (Phi) is 5.27. The van der Waals surface area contributed by atoms with E-state index in [1.807, 2.05) is 0 Å². The third-order valence-corrected chi connectivity index (χ3v) is 6.25. The summed E-state index contributed by atoms with van der Waals surface area (Å²) in [5, 5.41) is 2.83. The van der Waals surface area contributed by atoms with Crippen LogP contribution in [0, 0.1) is 5.41 Å². The highest BCUT2D eigenvalue weighted by Crippen LogP contribution is 2.40. The Hall–Kier alpha value is -0.660. The molecule has 1 fully saturated rings. The van der Waals surface area contributed by atoms with Crippen LogP contribution in [0.15, 0.2) is 21.6 Å². The molecule has 21 heavy (non-hydrogen) atoms. The van der Waals surface area contributed by atoms with Crippen LogP contribution in [0.1, 0.15) is 39.0 Å². The molecule has 118 valence electrons. The summed E-state index contributed by atoms with van der Waals surface area (Å²) in [5.74, 6) is 0.364. The topological polar surface area (TPSA) is 71.1 Å². The molecule has 0 aliphatic heterocycles. The Morgan fingerprint density at radius 3 is 2.62 bits per heavy atom. The molecule has 0 atom stereocenters. The minimum Gasteiger partial charge on any atom is -0.372 e. The van der Waals surface area contributed by atoms with Crippen molar-refractivity contribution in [2.75, 3.05) is 18.9 Å². The molecule has 1 heterocycles. The van der Waals surface area contributed by atoms with Crippen molar-refractivity contribution in [3.63, 3.8) is 0 Å². The molecule has 0 unspecified atom stereocenters. The summed E-state index contributed by atoms with van der Waals surface area (Å²) in [6, 6.07) is 1.58. The van der Waals surface area contributed by atoms with Gasteiger partial charge in [-0.2, -0.15) is 0 Å². The summed E-state index contributed by atoms with van der Waals surface area (Å²) in [6.45, 7) is 2.64. The molecule has 0 saturated heterocycles. The fraction of sp³-hybridized carbons (Fsp3) is 0.643. The molecule has 1 saturated carbocycles. The number of anilines is 1. The molecule has 1 aromatic heterocycles. The lowest BCUT2D eigenvalue weighted by Crippen LogP contribution is -2.36. The summed E-state index contributed by atoms with van der Waals surface area (Å²) in [6.07, 6.45) is 7.16. The Morgan fingerprint density at radius 2 is 2.05 bits per heavy atom. The monoisotopic (exact) mass is 375 g/mol. The second kappa shape index (κ2) is 6.62. The van der Waals surface area contributed by atoms with Crippen molar-refractivity contribution < 1.29 is 8.42 Å². The van der Waals surface area contributed by atoms with Gasteiger partial charge in [-0.3, -0.25) is 0 Å². The van der Waals surface area contributed by atoms with Gasteiger partial charge in [-0.1, -0.05) is 19.8 Å². The second-order valence-corrected chi connectivity index (χ2v) is 8.29. The first kappa shape index (κ1) is 16.7. The normalized spacial score (nSPS) is 17.9. The van der Waals surface area contributed by atoms with E-state index in [1.54, 1.807) is 19.3 Å². The lowest BCUT2D eigenvalue weighted by molar-refractivity contribution is 0.285. The number of rotatable bonds is 6. The smallest absolute Gasteiger partial charge is 0.244 e. The highest BCUT2D eigenvalue weighted by molar-refractivity contribution is 9.10. The predicted octanol–water partition coefficient (Wildman–Crippen LogP) is 3.13. The van der Waals surface area contributed by atoms with Crippen molar-refractivity contribution in [1.82, 2.24) is 9.71 Å². The Bertz CT molecular complexity index is 598. The van der Waals surface area contributed by atoms with Gasteiger partial charge in [-0.05, 0) is 46.7 Å². The molecular formula is C14H22BrN3O2S. The van der Waals surface area contributed by atoms with Crippen LogP contribution in [0.2, 0.25) is 0 Å². The van der Waals surface area contributed by atoms with Crippen LogP contribution in [0.3, 0.4) is 0 Å². The van der Waals surface area contributed by atoms with Gasteiger partial charge in [0, 0.05) is 24.3 Å². The van der Waals surface area contributed by atoms with Gasteiger partial charge >= 0.3 is 0 Å². The molecule has 7 heteroatoms. The fourth-order valence-electron chi connectivity index (χ4n) is 2.92. The number of sulfonamides is 1. The van der Waals surface area contributed by atoms with Crippen LogP contribution in [-0.4, -0.2) is 27.0 Å². The SMILES string of the molecule is CCC1(CNS(=O)(=O)c2cc(Br)cnc2NC)CCCC1. The molecule has 0 spiro atoms. The van der Waals surface area contributed by atoms with E-state index in [4.69, 9.17) is 0 Å². The zero-order valence-electron chi connectivity index (χ0n) is 12.4. The van der Waals surface area contributed by atoms with E-state index < -0.39 is 10.0 Å². The van der Waals surface area contributed by atoms with Crippen LogP contribution >= 0.6 is 15.9 Å². The first-order valence-corrected chi connectivity index (χ1v) is 9.53. The number of nitrogens with one attached hydrogen (secondary N) is 2. The molecule has 1 aliphatic rings. The van der Waals surface area contributed by atoms with E-state index in [0.29, 0.717) is 16.8 Å². The number of aromatic nitrogens is 1. The zero-order valence-corrected chi connectivity index (χ0v) is 14.8. The molecule has 0 radical (unpaired) electrons. The third kappa shape index (κ3) is 3.76. The minimum absolute atomic E-state index is 0.117. The number of halogens is 1. The van der Waals surface area contributed by atoms with E-state index in [0.717, 1.165) is 19.3 Å². The van der Waals surface area contributed by atoms with Gasteiger partial charge < -0.3 is 5.32 Å². The largest absolute Gasteiger partial charge is 0.372 e. The molecule has 1 aliphatic carbocycles. The first-order chi connectivity index (χ1) is 9.92. The highest BCUT2D eigenvalue weighted by Gasteiger charge is 2.33. The molecular weight excluding hydrogens is 354 g/mol. The maximum atomic E-state index is 12.6. The number of nitrogens with zero attached hydrogens (tertiary/aromatic N) is 1. The number of hydrogen-bond donors (Lipinski definition) is 2. The Labute approximate surface area is 135 Å². The van der Waals surface area contributed by atoms with Crippen molar-refractivity contribution in [2.45, 2.75) is 43.9 Å². The van der Waals surface area contributed by atoms with Crippen molar-refractivity contribution >= 4 is 31.8 Å². The number of pyridine rings is 1. The van der Waals surface area contributed by atoms with Crippen LogP contribution in [0.5, 0.6) is 0 Å². The van der Waals surface area contributed by atoms with Gasteiger partial charge in [0.25, 0.3) is 0 Å². The molecule has 0 aromatic carbocycles. The van der Waals surface area contributed by atoms with Crippen molar-refractivity contribution in [3.05, 3.63) is 16.7 Å². The van der Waals surface area contributed by atoms with Gasteiger partial charge in [0.2, 0.25) is 10.0 Å². The fourth-order valence-corrected chi connectivity index (χ4v) is 4.75. The molecule has 0 amide bonds. The van der Waals surface area contributed by atoms with E-state index >= 15 is 0 Å². The second-order valence-electron chi connectivity index (χ2n) is 5.64. The van der Waals surface area contributed by atoms with Crippen LogP contribution < -0.4 is 10.0 Å². The highest BCUT2D eigenvalue weighted by atomic mass is 79.9. The molecule has 5 nitrogen and oxygen atoms in total. The predicted molar refractivity (Wildman–Crippen MR) is 87.9 cm³/mol. The molecule has 2 N–H and O–H groups in total. The third-order valence-electron chi connectivity index (χ3n) is 4.40. The van der Waals surface area contributed by atoms with E-state index in [9.17, 15) is 8.42 Å². The minimum atomic E-state index is -3.57. The van der Waals surface area contributed by atoms with E-state index in [-0.39, 0.29) is 10.3 Å². The van der Waals surface area contributed by atoms with Crippen LogP contribution in [0.4, 0.5) is 5.82 Å². The van der Waals surface area contributed by atoms with Gasteiger partial charge in [0.05, 0.1) is 0 Å². The zero-order chi connectivity index (χ0) is 15.5. The molecule has 1 aromatic rings. The average Bonchev–Trinajstić information content (AvgIpc) is 2.95. The summed E-state index contributed by atoms with van der Waals surface area (Å²) in [5.41, 5.74) is 0.117. The number of hydrogen-bond acceptors (Lipinski definition) is 4. The molecule has 2 rings (SSSR count). The summed E-state index contributed by atoms with van der Waals surface area (Å²) in [4.78, 5) is 4.29. The average molecular weight is 376 g/mol. The van der Waals surface area contributed by atoms with Crippen molar-refractivity contribution in [3.8, 4) is 0 Å². The summed E-state index contributed by atoms with van der Waals surface area (Å²) < 4.78 is 28.6. The Morgan fingerprint density at radius 1 is 1.38 bits per heavy atom. The quantitative estimate of drug-likeness (QED) is 0.800. The summed E-state index contributed by atoms with van der Waals surface area (Å²) in [7, 11) is -1.90. The van der Waals surface area contributed by atoms with Crippen LogP contribution in [-0.2, 0) is 10.0 Å². The summed E-state index contributed by atoms with van der Waals surface area (Å²) >= 11 is 3.28. The van der Waals surface area contributed by atoms with Crippen molar-refractivity contribution in [2.24, 2.45) is 5.41 Å². The van der Waals surface area contributed by atoms with Gasteiger partial charge in [-0.15, -0.1) is 0 Å². The maximum Gasteiger partial charge on any atom is 0.244 e. The van der Waals surface area contributed by atoms with Crippen LogP contribution in [0.25, 0.3) is 0 Å². The van der Waals surface area contributed by atoms with E-state index in [2.05, 4.69) is 37.9 Å². The van der Waals surface area contributed by atoms with Gasteiger partial charge in [0.15, 0.2) is 0 Å². The maximum absolute atomic E-state index is 12.6. The first-order valence-electron chi connectivity index (χ1n) is 7.25. The Balaban J connectivity index is 2.20. The van der Waals surface area contributed by atoms with Gasteiger partial charge in [-0.25, -0.2) is 18.1 Å². The standard InChI is InChI=1S/C14H22BrN3O2S/c1-3-14(6-4-5-7-14)10-18-21(19,20)12-8-11(15)9-17-13(12)16-2/h8-9,18H,3-7,10H2,1-2H3,(H,16,17).